The van der Waals surface area contributed by atoms with Gasteiger partial charge in [0.05, 0.1) is 0 Å². The zero-order chi connectivity index (χ0) is 13.0. The van der Waals surface area contributed by atoms with Crippen molar-refractivity contribution >= 4 is 17.4 Å². The molecule has 1 aromatic carbocycles. The molecule has 0 aliphatic carbocycles. The Morgan fingerprint density at radius 3 is 2.83 bits per heavy atom. The van der Waals surface area contributed by atoms with Gasteiger partial charge in [0.25, 0.3) is 0 Å². The standard InChI is InChI=1S/C13H13ClFN3/c1-9-17-12(14)8-13(18-9)16-6-5-10-3-2-4-11(15)7-10/h2-4,7-8H,5-6H2,1H3,(H,16,17,18). The Balaban J connectivity index is 1.92. The third kappa shape index (κ3) is 3.67. The van der Waals surface area contributed by atoms with Gasteiger partial charge in [-0.1, -0.05) is 23.7 Å². The Bertz CT molecular complexity index is 525. The van der Waals surface area contributed by atoms with E-state index >= 15 is 0 Å². The Morgan fingerprint density at radius 1 is 1.28 bits per heavy atom. The quantitative estimate of drug-likeness (QED) is 0.863. The molecule has 0 radical (unpaired) electrons. The molecule has 0 spiro atoms. The van der Waals surface area contributed by atoms with Crippen LogP contribution in [0.25, 0.3) is 0 Å². The third-order valence-corrected chi connectivity index (χ3v) is 2.61. The van der Waals surface area contributed by atoms with E-state index in [1.54, 1.807) is 19.1 Å². The summed E-state index contributed by atoms with van der Waals surface area (Å²) in [6, 6.07) is 8.23. The lowest BCUT2D eigenvalue weighted by molar-refractivity contribution is 0.625. The van der Waals surface area contributed by atoms with Gasteiger partial charge in [0.2, 0.25) is 0 Å². The summed E-state index contributed by atoms with van der Waals surface area (Å²) in [6.45, 7) is 2.44. The van der Waals surface area contributed by atoms with E-state index in [0.717, 1.165) is 12.0 Å². The summed E-state index contributed by atoms with van der Waals surface area (Å²) in [4.78, 5) is 8.18. The SMILES string of the molecule is Cc1nc(Cl)cc(NCCc2cccc(F)c2)n1. The number of halogens is 2. The summed E-state index contributed by atoms with van der Waals surface area (Å²) in [6.07, 6.45) is 0.721. The summed E-state index contributed by atoms with van der Waals surface area (Å²) in [5.41, 5.74) is 0.944. The molecule has 0 bridgehead atoms. The number of aryl methyl sites for hydroxylation is 1. The Hall–Kier alpha value is -1.68. The summed E-state index contributed by atoms with van der Waals surface area (Å²) in [7, 11) is 0. The zero-order valence-corrected chi connectivity index (χ0v) is 10.7. The van der Waals surface area contributed by atoms with Crippen molar-refractivity contribution in [2.75, 3.05) is 11.9 Å². The Kier molecular flexibility index (Phi) is 4.10. The molecule has 0 aliphatic rings. The maximum Gasteiger partial charge on any atom is 0.134 e. The number of aromatic nitrogens is 2. The second-order valence-electron chi connectivity index (χ2n) is 3.93. The fourth-order valence-electron chi connectivity index (χ4n) is 1.65. The molecule has 1 aromatic heterocycles. The van der Waals surface area contributed by atoms with E-state index < -0.39 is 0 Å². The molecule has 3 nitrogen and oxygen atoms in total. The van der Waals surface area contributed by atoms with Crippen LogP contribution in [0.15, 0.2) is 30.3 Å². The number of nitrogens with one attached hydrogen (secondary N) is 1. The van der Waals surface area contributed by atoms with Crippen LogP contribution in [0.1, 0.15) is 11.4 Å². The molecule has 0 saturated heterocycles. The monoisotopic (exact) mass is 265 g/mol. The van der Waals surface area contributed by atoms with Gasteiger partial charge in [0.15, 0.2) is 0 Å². The highest BCUT2D eigenvalue weighted by atomic mass is 35.5. The highest BCUT2D eigenvalue weighted by Crippen LogP contribution is 2.11. The third-order valence-electron chi connectivity index (χ3n) is 2.42. The van der Waals surface area contributed by atoms with Crippen molar-refractivity contribution in [3.8, 4) is 0 Å². The van der Waals surface area contributed by atoms with Crippen LogP contribution in [-0.4, -0.2) is 16.5 Å². The number of nitrogens with zero attached hydrogens (tertiary/aromatic N) is 2. The average molecular weight is 266 g/mol. The number of hydrogen-bond acceptors (Lipinski definition) is 3. The first-order valence-electron chi connectivity index (χ1n) is 5.63. The maximum atomic E-state index is 13.0. The first kappa shape index (κ1) is 12.8. The summed E-state index contributed by atoms with van der Waals surface area (Å²) < 4.78 is 13.0. The highest BCUT2D eigenvalue weighted by Gasteiger charge is 2.00. The van der Waals surface area contributed by atoms with E-state index in [9.17, 15) is 4.39 Å². The van der Waals surface area contributed by atoms with Crippen LogP contribution in [0.3, 0.4) is 0 Å². The van der Waals surface area contributed by atoms with Crippen LogP contribution < -0.4 is 5.32 Å². The fourth-order valence-corrected chi connectivity index (χ4v) is 1.87. The minimum atomic E-state index is -0.214. The second-order valence-corrected chi connectivity index (χ2v) is 4.32. The Labute approximate surface area is 110 Å². The van der Waals surface area contributed by atoms with Gasteiger partial charge in [-0.3, -0.25) is 0 Å². The van der Waals surface area contributed by atoms with Gasteiger partial charge < -0.3 is 5.32 Å². The largest absolute Gasteiger partial charge is 0.370 e. The minimum absolute atomic E-state index is 0.214. The van der Waals surface area contributed by atoms with Gasteiger partial charge in [-0.2, -0.15) is 0 Å². The van der Waals surface area contributed by atoms with E-state index in [4.69, 9.17) is 11.6 Å². The molecular weight excluding hydrogens is 253 g/mol. The predicted octanol–water partition coefficient (Wildman–Crippen LogP) is 3.23. The van der Waals surface area contributed by atoms with E-state index in [1.807, 2.05) is 6.07 Å². The van der Waals surface area contributed by atoms with E-state index in [-0.39, 0.29) is 5.82 Å². The summed E-state index contributed by atoms with van der Waals surface area (Å²) in [5, 5.41) is 3.55. The van der Waals surface area contributed by atoms with Gasteiger partial charge in [-0.15, -0.1) is 0 Å². The molecule has 0 aliphatic heterocycles. The molecule has 0 amide bonds. The molecular formula is C13H13ClFN3. The Morgan fingerprint density at radius 2 is 2.11 bits per heavy atom. The number of hydrogen-bond donors (Lipinski definition) is 1. The molecule has 1 N–H and O–H groups in total. The lowest BCUT2D eigenvalue weighted by atomic mass is 10.1. The molecule has 0 saturated carbocycles. The molecule has 0 unspecified atom stereocenters. The molecule has 0 atom stereocenters. The maximum absolute atomic E-state index is 13.0. The topological polar surface area (TPSA) is 37.8 Å². The van der Waals surface area contributed by atoms with E-state index in [2.05, 4.69) is 15.3 Å². The van der Waals surface area contributed by atoms with Gasteiger partial charge in [-0.25, -0.2) is 14.4 Å². The smallest absolute Gasteiger partial charge is 0.134 e. The number of rotatable bonds is 4. The van der Waals surface area contributed by atoms with Crippen molar-refractivity contribution in [2.24, 2.45) is 0 Å². The molecule has 0 fully saturated rings. The predicted molar refractivity (Wildman–Crippen MR) is 70.4 cm³/mol. The zero-order valence-electron chi connectivity index (χ0n) is 9.95. The van der Waals surface area contributed by atoms with Gasteiger partial charge >= 0.3 is 0 Å². The first-order valence-corrected chi connectivity index (χ1v) is 6.01. The van der Waals surface area contributed by atoms with Crippen molar-refractivity contribution in [2.45, 2.75) is 13.3 Å². The second kappa shape index (κ2) is 5.78. The fraction of sp³-hybridized carbons (Fsp3) is 0.231. The average Bonchev–Trinajstić information content (AvgIpc) is 2.27. The lowest BCUT2D eigenvalue weighted by Crippen LogP contribution is -2.07. The summed E-state index contributed by atoms with van der Waals surface area (Å²) in [5.74, 6) is 1.09. The van der Waals surface area contributed by atoms with Crippen molar-refractivity contribution in [1.82, 2.24) is 9.97 Å². The lowest BCUT2D eigenvalue weighted by Gasteiger charge is -2.06. The van der Waals surface area contributed by atoms with Crippen molar-refractivity contribution in [1.29, 1.82) is 0 Å². The van der Waals surface area contributed by atoms with E-state index in [1.165, 1.54) is 12.1 Å². The molecule has 5 heteroatoms. The van der Waals surface area contributed by atoms with Crippen LogP contribution >= 0.6 is 11.6 Å². The number of benzene rings is 1. The van der Waals surface area contributed by atoms with Gasteiger partial charge in [-0.05, 0) is 31.0 Å². The number of anilines is 1. The van der Waals surface area contributed by atoms with E-state index in [0.29, 0.717) is 23.3 Å². The van der Waals surface area contributed by atoms with Crippen LogP contribution in [0.5, 0.6) is 0 Å². The van der Waals surface area contributed by atoms with Gasteiger partial charge in [0.1, 0.15) is 22.6 Å². The molecule has 2 aromatic rings. The molecule has 1 heterocycles. The van der Waals surface area contributed by atoms with Gasteiger partial charge in [0, 0.05) is 12.6 Å². The van der Waals surface area contributed by atoms with Crippen LogP contribution in [0, 0.1) is 12.7 Å². The first-order chi connectivity index (χ1) is 8.63. The molecule has 2 rings (SSSR count). The van der Waals surface area contributed by atoms with Crippen LogP contribution in [0.4, 0.5) is 10.2 Å². The molecule has 18 heavy (non-hydrogen) atoms. The minimum Gasteiger partial charge on any atom is -0.370 e. The summed E-state index contributed by atoms with van der Waals surface area (Å²) >= 11 is 5.83. The van der Waals surface area contributed by atoms with Crippen molar-refractivity contribution in [3.05, 3.63) is 52.7 Å². The van der Waals surface area contributed by atoms with Crippen LogP contribution in [0.2, 0.25) is 5.15 Å². The normalized spacial score (nSPS) is 10.4. The van der Waals surface area contributed by atoms with Crippen molar-refractivity contribution in [3.63, 3.8) is 0 Å². The van der Waals surface area contributed by atoms with Crippen LogP contribution in [-0.2, 0) is 6.42 Å². The highest BCUT2D eigenvalue weighted by molar-refractivity contribution is 6.29. The molecule has 94 valence electrons. The van der Waals surface area contributed by atoms with Crippen molar-refractivity contribution < 1.29 is 4.39 Å².